The zero-order valence-corrected chi connectivity index (χ0v) is 18.8. The third-order valence-corrected chi connectivity index (χ3v) is 6.93. The van der Waals surface area contributed by atoms with E-state index < -0.39 is 11.6 Å². The topological polar surface area (TPSA) is 58.4 Å². The van der Waals surface area contributed by atoms with Crippen LogP contribution in [-0.4, -0.2) is 35.4 Å². The van der Waals surface area contributed by atoms with Crippen LogP contribution in [0.2, 0.25) is 0 Å². The number of halogens is 2. The van der Waals surface area contributed by atoms with Gasteiger partial charge in [-0.3, -0.25) is 9.69 Å². The Kier molecular flexibility index (Phi) is 7.32. The summed E-state index contributed by atoms with van der Waals surface area (Å²) >= 11 is 1.71. The molecule has 1 fully saturated rings. The van der Waals surface area contributed by atoms with Crippen molar-refractivity contribution >= 4 is 17.2 Å². The van der Waals surface area contributed by atoms with Crippen molar-refractivity contribution < 1.29 is 18.0 Å². The summed E-state index contributed by atoms with van der Waals surface area (Å²) in [6.45, 7) is 4.90. The molecule has 32 heavy (non-hydrogen) atoms. The number of aromatic nitrogens is 1. The highest BCUT2D eigenvalue weighted by Gasteiger charge is 2.26. The molecular weight excluding hydrogens is 432 g/mol. The van der Waals surface area contributed by atoms with Gasteiger partial charge < -0.3 is 9.73 Å². The molecule has 5 nitrogen and oxygen atoms in total. The molecule has 2 aromatic heterocycles. The van der Waals surface area contributed by atoms with Crippen LogP contribution in [0.25, 0.3) is 11.3 Å². The van der Waals surface area contributed by atoms with Gasteiger partial charge in [-0.2, -0.15) is 0 Å². The van der Waals surface area contributed by atoms with E-state index in [0.717, 1.165) is 19.0 Å². The van der Waals surface area contributed by atoms with E-state index in [1.165, 1.54) is 42.1 Å². The first-order valence-corrected chi connectivity index (χ1v) is 11.8. The van der Waals surface area contributed by atoms with Gasteiger partial charge in [0.1, 0.15) is 11.6 Å². The maximum atomic E-state index is 13.9. The van der Waals surface area contributed by atoms with Gasteiger partial charge in [-0.1, -0.05) is 19.1 Å². The average molecular weight is 460 g/mol. The minimum absolute atomic E-state index is 0.0214. The largest absolute Gasteiger partial charge is 0.441 e. The molecule has 0 spiro atoms. The number of rotatable bonds is 8. The highest BCUT2D eigenvalue weighted by Crippen LogP contribution is 2.29. The van der Waals surface area contributed by atoms with Gasteiger partial charge in [-0.15, -0.1) is 11.3 Å². The SMILES string of the molecule is CC1CCN([C@@H](CNC(=O)CCc2ncc(-c3c(F)cccc3F)o2)c2cccs2)CC1. The van der Waals surface area contributed by atoms with Crippen molar-refractivity contribution in [2.75, 3.05) is 19.6 Å². The molecule has 3 aromatic rings. The molecule has 1 saturated heterocycles. The monoisotopic (exact) mass is 459 g/mol. The molecule has 4 rings (SSSR count). The number of aryl methyl sites for hydroxylation is 1. The number of thiophene rings is 1. The van der Waals surface area contributed by atoms with Gasteiger partial charge in [-0.25, -0.2) is 13.8 Å². The van der Waals surface area contributed by atoms with Crippen molar-refractivity contribution in [2.24, 2.45) is 5.92 Å². The number of carbonyl (C=O) groups is 1. The number of likely N-dealkylation sites (tertiary alicyclic amines) is 1. The molecule has 1 aromatic carbocycles. The molecule has 1 atom stereocenters. The number of benzene rings is 1. The van der Waals surface area contributed by atoms with E-state index in [-0.39, 0.29) is 42.0 Å². The van der Waals surface area contributed by atoms with Gasteiger partial charge in [-0.05, 0) is 55.4 Å². The molecule has 0 saturated carbocycles. The Bertz CT molecular complexity index is 1010. The van der Waals surface area contributed by atoms with Crippen LogP contribution in [0.3, 0.4) is 0 Å². The predicted molar refractivity (Wildman–Crippen MR) is 120 cm³/mol. The molecule has 0 bridgehead atoms. The number of carbonyl (C=O) groups excluding carboxylic acids is 1. The van der Waals surface area contributed by atoms with Crippen molar-refractivity contribution in [2.45, 2.75) is 38.6 Å². The van der Waals surface area contributed by atoms with Gasteiger partial charge in [0.15, 0.2) is 11.7 Å². The lowest BCUT2D eigenvalue weighted by Gasteiger charge is -2.36. The first kappa shape index (κ1) is 22.6. The van der Waals surface area contributed by atoms with Crippen LogP contribution in [-0.2, 0) is 11.2 Å². The summed E-state index contributed by atoms with van der Waals surface area (Å²) in [6.07, 6.45) is 4.08. The molecule has 3 heterocycles. The Balaban J connectivity index is 1.32. The van der Waals surface area contributed by atoms with Crippen LogP contribution in [0.4, 0.5) is 8.78 Å². The molecule has 1 N–H and O–H groups in total. The Morgan fingerprint density at radius 3 is 2.69 bits per heavy atom. The minimum atomic E-state index is -0.711. The Hall–Kier alpha value is -2.58. The van der Waals surface area contributed by atoms with Gasteiger partial charge in [0, 0.05) is 24.3 Å². The lowest BCUT2D eigenvalue weighted by molar-refractivity contribution is -0.121. The van der Waals surface area contributed by atoms with Crippen LogP contribution in [0.1, 0.15) is 43.0 Å². The predicted octanol–water partition coefficient (Wildman–Crippen LogP) is 5.20. The molecule has 0 aliphatic carbocycles. The minimum Gasteiger partial charge on any atom is -0.441 e. The van der Waals surface area contributed by atoms with Crippen molar-refractivity contribution in [3.8, 4) is 11.3 Å². The molecule has 0 unspecified atom stereocenters. The van der Waals surface area contributed by atoms with Crippen molar-refractivity contribution in [1.82, 2.24) is 15.2 Å². The third-order valence-electron chi connectivity index (χ3n) is 5.95. The molecular formula is C24H27F2N3O2S. The van der Waals surface area contributed by atoms with Gasteiger partial charge in [0.05, 0.1) is 17.8 Å². The molecule has 170 valence electrons. The Labute approximate surface area is 190 Å². The first-order valence-electron chi connectivity index (χ1n) is 10.9. The average Bonchev–Trinajstić information content (AvgIpc) is 3.46. The summed E-state index contributed by atoms with van der Waals surface area (Å²) in [5, 5.41) is 5.11. The van der Waals surface area contributed by atoms with Crippen molar-refractivity contribution in [3.05, 3.63) is 64.3 Å². The second-order valence-corrected chi connectivity index (χ2v) is 9.25. The summed E-state index contributed by atoms with van der Waals surface area (Å²) in [7, 11) is 0. The van der Waals surface area contributed by atoms with E-state index >= 15 is 0 Å². The standard InChI is InChI=1S/C24H27F2N3O2S/c1-16-9-11-29(12-10-16)19(21-6-3-13-32-21)14-27-22(30)7-8-23-28-15-20(31-23)24-17(25)4-2-5-18(24)26/h2-6,13,15-16,19H,7-12,14H2,1H3,(H,27,30)/t19-/m0/s1. The van der Waals surface area contributed by atoms with E-state index in [1.54, 1.807) is 11.3 Å². The number of piperidine rings is 1. The third kappa shape index (κ3) is 5.42. The number of amides is 1. The zero-order chi connectivity index (χ0) is 22.5. The summed E-state index contributed by atoms with van der Waals surface area (Å²) in [6, 6.07) is 7.96. The van der Waals surface area contributed by atoms with E-state index in [1.807, 2.05) is 6.07 Å². The zero-order valence-electron chi connectivity index (χ0n) is 18.0. The normalized spacial score (nSPS) is 16.2. The lowest BCUT2D eigenvalue weighted by atomic mass is 9.97. The highest BCUT2D eigenvalue weighted by atomic mass is 32.1. The summed E-state index contributed by atoms with van der Waals surface area (Å²) in [4.78, 5) is 20.3. The number of oxazole rings is 1. The second kappa shape index (κ2) is 10.4. The van der Waals surface area contributed by atoms with Crippen molar-refractivity contribution in [3.63, 3.8) is 0 Å². The smallest absolute Gasteiger partial charge is 0.220 e. The van der Waals surface area contributed by atoms with E-state index in [2.05, 4.69) is 33.6 Å². The summed E-state index contributed by atoms with van der Waals surface area (Å²) in [5.41, 5.74) is -0.245. The Morgan fingerprint density at radius 2 is 2.00 bits per heavy atom. The quantitative estimate of drug-likeness (QED) is 0.503. The molecule has 0 radical (unpaired) electrons. The first-order chi connectivity index (χ1) is 15.5. The van der Waals surface area contributed by atoms with Gasteiger partial charge >= 0.3 is 0 Å². The summed E-state index contributed by atoms with van der Waals surface area (Å²) in [5.74, 6) is -0.484. The lowest BCUT2D eigenvalue weighted by Crippen LogP contribution is -2.41. The van der Waals surface area contributed by atoms with E-state index in [4.69, 9.17) is 4.42 Å². The number of hydrogen-bond acceptors (Lipinski definition) is 5. The molecule has 1 aliphatic rings. The molecule has 1 aliphatic heterocycles. The number of nitrogens with one attached hydrogen (secondary N) is 1. The van der Waals surface area contributed by atoms with E-state index in [9.17, 15) is 13.6 Å². The van der Waals surface area contributed by atoms with E-state index in [0.29, 0.717) is 6.54 Å². The van der Waals surface area contributed by atoms with Crippen molar-refractivity contribution in [1.29, 1.82) is 0 Å². The van der Waals surface area contributed by atoms with Crippen LogP contribution >= 0.6 is 11.3 Å². The number of hydrogen-bond donors (Lipinski definition) is 1. The van der Waals surface area contributed by atoms with Crippen LogP contribution < -0.4 is 5.32 Å². The molecule has 8 heteroatoms. The fourth-order valence-electron chi connectivity index (χ4n) is 4.02. The Morgan fingerprint density at radius 1 is 1.25 bits per heavy atom. The molecule has 1 amide bonds. The second-order valence-electron chi connectivity index (χ2n) is 8.27. The van der Waals surface area contributed by atoms with Crippen LogP contribution in [0.15, 0.2) is 46.3 Å². The van der Waals surface area contributed by atoms with Gasteiger partial charge in [0.25, 0.3) is 0 Å². The highest BCUT2D eigenvalue weighted by molar-refractivity contribution is 7.10. The van der Waals surface area contributed by atoms with Gasteiger partial charge in [0.2, 0.25) is 5.91 Å². The van der Waals surface area contributed by atoms with Crippen LogP contribution in [0.5, 0.6) is 0 Å². The summed E-state index contributed by atoms with van der Waals surface area (Å²) < 4.78 is 33.4. The van der Waals surface area contributed by atoms with Crippen LogP contribution in [0, 0.1) is 17.6 Å². The maximum Gasteiger partial charge on any atom is 0.220 e. The fraction of sp³-hybridized carbons (Fsp3) is 0.417. The fourth-order valence-corrected chi connectivity index (χ4v) is 4.89. The number of nitrogens with zero attached hydrogens (tertiary/aromatic N) is 2. The maximum absolute atomic E-state index is 13.9.